The lowest BCUT2D eigenvalue weighted by atomic mass is 9.84. The molecule has 5 heteroatoms. The first-order valence-corrected chi connectivity index (χ1v) is 17.9. The van der Waals surface area contributed by atoms with E-state index in [1.54, 1.807) is 0 Å². The molecular formula is C44H51N4O+. The maximum atomic E-state index is 7.15. The molecule has 0 radical (unpaired) electrons. The van der Waals surface area contributed by atoms with Gasteiger partial charge in [0.05, 0.1) is 10.9 Å². The van der Waals surface area contributed by atoms with Crippen molar-refractivity contribution >= 4 is 32.3 Å². The van der Waals surface area contributed by atoms with E-state index >= 15 is 0 Å². The molecule has 6 aromatic rings. The third-order valence-corrected chi connectivity index (χ3v) is 9.84. The lowest BCUT2D eigenvalue weighted by Crippen LogP contribution is -2.32. The second kappa shape index (κ2) is 11.6. The van der Waals surface area contributed by atoms with Crippen molar-refractivity contribution in [1.82, 2.24) is 15.0 Å². The summed E-state index contributed by atoms with van der Waals surface area (Å²) in [5.41, 5.74) is 6.93. The Morgan fingerprint density at radius 2 is 1.41 bits per heavy atom. The molecule has 1 aliphatic heterocycles. The van der Waals surface area contributed by atoms with Gasteiger partial charge in [-0.15, -0.1) is 0 Å². The SMILES string of the molecule is Cc1c2c(c(CC(C)C)c3ccc(CC(C)C)cc13)Oc1cc3cccc(-c4nc(C(C)(C)C)nc(C(C)(C)C)n4)c3c3cc[n+](C)c-2c13. The zero-order valence-corrected chi connectivity index (χ0v) is 31.5. The fraction of sp³-hybridized carbons (Fsp3) is 0.409. The number of benzene rings is 4. The van der Waals surface area contributed by atoms with Crippen molar-refractivity contribution in [2.45, 2.75) is 99.8 Å². The fourth-order valence-corrected chi connectivity index (χ4v) is 7.51. The van der Waals surface area contributed by atoms with Gasteiger partial charge in [-0.3, -0.25) is 0 Å². The molecule has 0 amide bonds. The van der Waals surface area contributed by atoms with Gasteiger partial charge in [0.15, 0.2) is 12.0 Å². The summed E-state index contributed by atoms with van der Waals surface area (Å²) in [6, 6.07) is 18.0. The highest BCUT2D eigenvalue weighted by Gasteiger charge is 2.34. The third-order valence-electron chi connectivity index (χ3n) is 9.84. The first kappa shape index (κ1) is 33.1. The van der Waals surface area contributed by atoms with Gasteiger partial charge in [0.25, 0.3) is 0 Å². The van der Waals surface area contributed by atoms with Crippen molar-refractivity contribution in [3.05, 3.63) is 83.1 Å². The maximum Gasteiger partial charge on any atom is 0.228 e. The largest absolute Gasteiger partial charge is 0.455 e. The van der Waals surface area contributed by atoms with Gasteiger partial charge in [-0.2, -0.15) is 0 Å². The lowest BCUT2D eigenvalue weighted by Gasteiger charge is -2.27. The third kappa shape index (κ3) is 5.65. The van der Waals surface area contributed by atoms with E-state index in [9.17, 15) is 0 Å². The first-order chi connectivity index (χ1) is 23.0. The Morgan fingerprint density at radius 1 is 0.735 bits per heavy atom. The summed E-state index contributed by atoms with van der Waals surface area (Å²) in [7, 11) is 2.17. The van der Waals surface area contributed by atoms with E-state index < -0.39 is 0 Å². The summed E-state index contributed by atoms with van der Waals surface area (Å²) >= 11 is 0. The smallest absolute Gasteiger partial charge is 0.228 e. The molecule has 0 N–H and O–H groups in total. The molecule has 1 aliphatic rings. The van der Waals surface area contributed by atoms with Gasteiger partial charge in [0.1, 0.15) is 30.2 Å². The van der Waals surface area contributed by atoms with Crippen LogP contribution in [-0.4, -0.2) is 15.0 Å². The van der Waals surface area contributed by atoms with Crippen molar-refractivity contribution < 1.29 is 9.30 Å². The Morgan fingerprint density at radius 3 is 2.04 bits per heavy atom. The average molecular weight is 652 g/mol. The van der Waals surface area contributed by atoms with E-state index in [0.717, 1.165) is 68.9 Å². The minimum Gasteiger partial charge on any atom is -0.455 e. The summed E-state index contributed by atoms with van der Waals surface area (Å²) in [5, 5.41) is 7.16. The van der Waals surface area contributed by atoms with Crippen LogP contribution in [0.1, 0.15) is 97.6 Å². The average Bonchev–Trinajstić information content (AvgIpc) is 3.02. The van der Waals surface area contributed by atoms with E-state index in [1.165, 1.54) is 38.7 Å². The highest BCUT2D eigenvalue weighted by Crippen LogP contribution is 2.53. The van der Waals surface area contributed by atoms with Crippen LogP contribution in [0.25, 0.3) is 55.0 Å². The molecule has 4 aromatic carbocycles. The number of aromatic nitrogens is 4. The van der Waals surface area contributed by atoms with Gasteiger partial charge in [0, 0.05) is 38.8 Å². The molecular weight excluding hydrogens is 601 g/mol. The monoisotopic (exact) mass is 651 g/mol. The Hall–Kier alpha value is -4.38. The normalized spacial score (nSPS) is 13.2. The first-order valence-electron chi connectivity index (χ1n) is 17.9. The molecule has 7 rings (SSSR count). The summed E-state index contributed by atoms with van der Waals surface area (Å²) in [5.74, 6) is 5.32. The van der Waals surface area contributed by atoms with E-state index in [-0.39, 0.29) is 10.8 Å². The van der Waals surface area contributed by atoms with Crippen molar-refractivity contribution in [1.29, 1.82) is 0 Å². The number of hydrogen-bond donors (Lipinski definition) is 0. The van der Waals surface area contributed by atoms with Crippen LogP contribution in [0, 0.1) is 18.8 Å². The highest BCUT2D eigenvalue weighted by atomic mass is 16.5. The van der Waals surface area contributed by atoms with Gasteiger partial charge in [0.2, 0.25) is 5.69 Å². The van der Waals surface area contributed by atoms with Crippen molar-refractivity contribution in [2.24, 2.45) is 18.9 Å². The molecule has 49 heavy (non-hydrogen) atoms. The van der Waals surface area contributed by atoms with Crippen LogP contribution in [0.2, 0.25) is 0 Å². The second-order valence-electron chi connectivity index (χ2n) is 17.1. The van der Waals surface area contributed by atoms with Gasteiger partial charge >= 0.3 is 0 Å². The predicted molar refractivity (Wildman–Crippen MR) is 204 cm³/mol. The molecule has 0 spiro atoms. The number of pyridine rings is 1. The van der Waals surface area contributed by atoms with Gasteiger partial charge in [-0.25, -0.2) is 19.5 Å². The molecule has 5 nitrogen and oxygen atoms in total. The van der Waals surface area contributed by atoms with Crippen molar-refractivity contribution in [3.8, 4) is 34.1 Å². The lowest BCUT2D eigenvalue weighted by molar-refractivity contribution is -0.659. The molecule has 0 saturated heterocycles. The van der Waals surface area contributed by atoms with E-state index in [1.807, 2.05) is 0 Å². The van der Waals surface area contributed by atoms with E-state index in [2.05, 4.69) is 143 Å². The number of hydrogen-bond acceptors (Lipinski definition) is 4. The molecule has 0 saturated carbocycles. The standard InChI is InChI=1S/C44H51N4O/c1-24(2)20-27-16-17-29-32(22-27)26(5)35-38-37-30(18-19-48(38)12)36-28(23-34(37)49-39(35)33(29)21-25(3)4)14-13-15-31(36)40-45-41(43(6,7)8)47-42(46-40)44(9,10)11/h13-19,22-25H,20-21H2,1-12H3/q+1. The van der Waals surface area contributed by atoms with Crippen molar-refractivity contribution in [3.63, 3.8) is 0 Å². The van der Waals surface area contributed by atoms with Crippen LogP contribution < -0.4 is 9.30 Å². The Kier molecular flexibility index (Phi) is 7.85. The van der Waals surface area contributed by atoms with Crippen LogP contribution >= 0.6 is 0 Å². The van der Waals surface area contributed by atoms with Gasteiger partial charge in [-0.05, 0) is 65.0 Å². The van der Waals surface area contributed by atoms with Gasteiger partial charge < -0.3 is 4.74 Å². The number of nitrogens with zero attached hydrogens (tertiary/aromatic N) is 4. The quantitative estimate of drug-likeness (QED) is 0.137. The minimum absolute atomic E-state index is 0.222. The van der Waals surface area contributed by atoms with Crippen LogP contribution in [0.3, 0.4) is 0 Å². The molecule has 0 atom stereocenters. The Balaban J connectivity index is 1.58. The molecule has 0 bridgehead atoms. The molecule has 0 fully saturated rings. The van der Waals surface area contributed by atoms with Crippen molar-refractivity contribution in [2.75, 3.05) is 0 Å². The van der Waals surface area contributed by atoms with Crippen LogP contribution in [0.5, 0.6) is 11.5 Å². The Labute approximate surface area is 291 Å². The summed E-state index contributed by atoms with van der Waals surface area (Å²) in [6.07, 6.45) is 4.22. The molecule has 0 unspecified atom stereocenters. The van der Waals surface area contributed by atoms with Gasteiger partial charge in [-0.1, -0.05) is 106 Å². The summed E-state index contributed by atoms with van der Waals surface area (Å²) in [6.45, 7) is 24.5. The number of rotatable bonds is 5. The maximum absolute atomic E-state index is 7.15. The molecule has 0 aliphatic carbocycles. The summed E-state index contributed by atoms with van der Waals surface area (Å²) in [4.78, 5) is 15.2. The summed E-state index contributed by atoms with van der Waals surface area (Å²) < 4.78 is 9.43. The predicted octanol–water partition coefficient (Wildman–Crippen LogP) is 10.9. The zero-order chi connectivity index (χ0) is 35.2. The van der Waals surface area contributed by atoms with Crippen LogP contribution in [0.15, 0.2) is 54.7 Å². The molecule has 2 aromatic heterocycles. The van der Waals surface area contributed by atoms with Crippen LogP contribution in [-0.2, 0) is 30.7 Å². The van der Waals surface area contributed by atoms with E-state index in [0.29, 0.717) is 11.8 Å². The highest BCUT2D eigenvalue weighted by molar-refractivity contribution is 6.20. The number of aryl methyl sites for hydroxylation is 2. The fourth-order valence-electron chi connectivity index (χ4n) is 7.51. The minimum atomic E-state index is -0.222. The molecule has 252 valence electrons. The number of ether oxygens (including phenoxy) is 1. The van der Waals surface area contributed by atoms with Crippen LogP contribution in [0.4, 0.5) is 0 Å². The topological polar surface area (TPSA) is 51.8 Å². The zero-order valence-electron chi connectivity index (χ0n) is 31.5. The Bertz CT molecular complexity index is 2270. The molecule has 3 heterocycles. The van der Waals surface area contributed by atoms with E-state index in [4.69, 9.17) is 19.7 Å². The second-order valence-corrected chi connectivity index (χ2v) is 17.1. The number of fused-ring (bicyclic) bond motifs is 5.